The molecule has 0 fully saturated rings. The second kappa shape index (κ2) is 5.03. The molecule has 0 aromatic carbocycles. The van der Waals surface area contributed by atoms with Gasteiger partial charge in [-0.3, -0.25) is 4.79 Å². The van der Waals surface area contributed by atoms with Gasteiger partial charge >= 0.3 is 6.18 Å². The van der Waals surface area contributed by atoms with E-state index in [1.807, 2.05) is 0 Å². The summed E-state index contributed by atoms with van der Waals surface area (Å²) in [6.07, 6.45) is -5.33. The van der Waals surface area contributed by atoms with Crippen molar-refractivity contribution in [3.05, 3.63) is 0 Å². The second-order valence-electron chi connectivity index (χ2n) is 5.07. The topological polar surface area (TPSA) is 55.1 Å². The highest BCUT2D eigenvalue weighted by Crippen LogP contribution is 2.22. The summed E-state index contributed by atoms with van der Waals surface area (Å²) < 4.78 is 36.0. The Kier molecular flexibility index (Phi) is 4.79. The van der Waals surface area contributed by atoms with E-state index in [0.29, 0.717) is 0 Å². The normalized spacial score (nSPS) is 16.8. The number of hydrogen-bond acceptors (Lipinski definition) is 2. The van der Waals surface area contributed by atoms with Crippen LogP contribution in [-0.2, 0) is 4.79 Å². The Morgan fingerprint density at radius 2 is 1.75 bits per heavy atom. The van der Waals surface area contributed by atoms with Crippen molar-refractivity contribution in [2.24, 2.45) is 11.1 Å². The Morgan fingerprint density at radius 1 is 1.31 bits per heavy atom. The van der Waals surface area contributed by atoms with Crippen molar-refractivity contribution < 1.29 is 18.0 Å². The van der Waals surface area contributed by atoms with E-state index in [9.17, 15) is 18.0 Å². The molecule has 6 heteroatoms. The largest absolute Gasteiger partial charge is 0.391 e. The summed E-state index contributed by atoms with van der Waals surface area (Å²) >= 11 is 0. The van der Waals surface area contributed by atoms with E-state index < -0.39 is 36.0 Å². The zero-order valence-corrected chi connectivity index (χ0v) is 9.98. The summed E-state index contributed by atoms with van der Waals surface area (Å²) in [5, 5.41) is 2.26. The minimum atomic E-state index is -4.28. The van der Waals surface area contributed by atoms with Crippen LogP contribution in [0.5, 0.6) is 0 Å². The van der Waals surface area contributed by atoms with Crippen LogP contribution in [-0.4, -0.2) is 24.2 Å². The Balaban J connectivity index is 4.26. The number of nitrogens with one attached hydrogen (secondary N) is 1. The minimum Gasteiger partial charge on any atom is -0.352 e. The maximum Gasteiger partial charge on any atom is 0.391 e. The van der Waals surface area contributed by atoms with E-state index in [2.05, 4.69) is 5.32 Å². The zero-order chi connectivity index (χ0) is 13.1. The maximum atomic E-state index is 12.0. The van der Waals surface area contributed by atoms with E-state index in [4.69, 9.17) is 5.73 Å². The van der Waals surface area contributed by atoms with Crippen LogP contribution in [0.4, 0.5) is 13.2 Å². The van der Waals surface area contributed by atoms with Gasteiger partial charge in [-0.05, 0) is 12.3 Å². The first-order valence-electron chi connectivity index (χ1n) is 5.06. The number of rotatable bonds is 3. The first-order chi connectivity index (χ1) is 6.93. The second-order valence-corrected chi connectivity index (χ2v) is 5.07. The highest BCUT2D eigenvalue weighted by Gasteiger charge is 2.33. The highest BCUT2D eigenvalue weighted by atomic mass is 19.4. The van der Waals surface area contributed by atoms with Crippen molar-refractivity contribution >= 4 is 5.91 Å². The van der Waals surface area contributed by atoms with Crippen LogP contribution in [0.25, 0.3) is 0 Å². The molecule has 0 saturated carbocycles. The van der Waals surface area contributed by atoms with Gasteiger partial charge < -0.3 is 11.1 Å². The molecule has 1 amide bonds. The van der Waals surface area contributed by atoms with Crippen molar-refractivity contribution in [3.8, 4) is 0 Å². The van der Waals surface area contributed by atoms with Crippen molar-refractivity contribution in [2.75, 3.05) is 0 Å². The molecule has 0 saturated heterocycles. The molecular weight excluding hydrogens is 221 g/mol. The maximum absolute atomic E-state index is 12.0. The fraction of sp³-hybridized carbons (Fsp3) is 0.900. The third kappa shape index (κ3) is 5.95. The summed E-state index contributed by atoms with van der Waals surface area (Å²) in [4.78, 5) is 11.5. The SMILES string of the molecule is CC(CC(F)(F)F)NC(=O)[C@@H](N)C(C)(C)C. The van der Waals surface area contributed by atoms with Gasteiger partial charge in [0.2, 0.25) is 5.91 Å². The van der Waals surface area contributed by atoms with Gasteiger partial charge in [-0.2, -0.15) is 13.2 Å². The predicted molar refractivity (Wildman–Crippen MR) is 55.7 cm³/mol. The number of hydrogen-bond donors (Lipinski definition) is 2. The minimum absolute atomic E-state index is 0.470. The van der Waals surface area contributed by atoms with Gasteiger partial charge in [0.25, 0.3) is 0 Å². The quantitative estimate of drug-likeness (QED) is 0.790. The number of amides is 1. The Bertz CT molecular complexity index is 245. The summed E-state index contributed by atoms with van der Waals surface area (Å²) in [5.74, 6) is -0.552. The van der Waals surface area contributed by atoms with Gasteiger partial charge in [0.05, 0.1) is 12.5 Å². The monoisotopic (exact) mass is 240 g/mol. The number of carbonyl (C=O) groups excluding carboxylic acids is 1. The fourth-order valence-electron chi connectivity index (χ4n) is 1.12. The lowest BCUT2D eigenvalue weighted by molar-refractivity contribution is -0.142. The van der Waals surface area contributed by atoms with Gasteiger partial charge in [-0.15, -0.1) is 0 Å². The molecule has 0 aliphatic carbocycles. The van der Waals surface area contributed by atoms with Gasteiger partial charge in [-0.25, -0.2) is 0 Å². The number of nitrogens with two attached hydrogens (primary N) is 1. The third-order valence-electron chi connectivity index (χ3n) is 2.14. The summed E-state index contributed by atoms with van der Waals surface area (Å²) in [5.41, 5.74) is 5.14. The van der Waals surface area contributed by atoms with Gasteiger partial charge in [0, 0.05) is 6.04 Å². The zero-order valence-electron chi connectivity index (χ0n) is 9.98. The molecule has 1 unspecified atom stereocenters. The standard InChI is InChI=1S/C10H19F3N2O/c1-6(5-10(11,12)13)15-8(16)7(14)9(2,3)4/h6-7H,5,14H2,1-4H3,(H,15,16)/t6?,7-/m1/s1. The molecule has 0 aromatic heterocycles. The van der Waals surface area contributed by atoms with Crippen molar-refractivity contribution in [1.29, 1.82) is 0 Å². The van der Waals surface area contributed by atoms with Crippen LogP contribution < -0.4 is 11.1 Å². The summed E-state index contributed by atoms with van der Waals surface area (Å²) in [6.45, 7) is 6.57. The lowest BCUT2D eigenvalue weighted by atomic mass is 9.87. The fourth-order valence-corrected chi connectivity index (χ4v) is 1.12. The van der Waals surface area contributed by atoms with E-state index in [1.165, 1.54) is 6.92 Å². The number of carbonyl (C=O) groups is 1. The molecule has 16 heavy (non-hydrogen) atoms. The molecule has 0 aliphatic heterocycles. The van der Waals surface area contributed by atoms with Crippen LogP contribution in [0, 0.1) is 5.41 Å². The van der Waals surface area contributed by atoms with Crippen LogP contribution in [0.15, 0.2) is 0 Å². The molecule has 0 radical (unpaired) electrons. The van der Waals surface area contributed by atoms with Crippen LogP contribution in [0.1, 0.15) is 34.1 Å². The van der Waals surface area contributed by atoms with E-state index >= 15 is 0 Å². The van der Waals surface area contributed by atoms with E-state index in [1.54, 1.807) is 20.8 Å². The summed E-state index contributed by atoms with van der Waals surface area (Å²) in [6, 6.07) is -1.77. The molecule has 0 spiro atoms. The molecule has 2 atom stereocenters. The molecule has 0 rings (SSSR count). The van der Waals surface area contributed by atoms with Crippen molar-refractivity contribution in [3.63, 3.8) is 0 Å². The lowest BCUT2D eigenvalue weighted by Crippen LogP contribution is -2.51. The Hall–Kier alpha value is -0.780. The van der Waals surface area contributed by atoms with Crippen molar-refractivity contribution in [2.45, 2.75) is 52.4 Å². The van der Waals surface area contributed by atoms with Crippen molar-refractivity contribution in [1.82, 2.24) is 5.32 Å². The Morgan fingerprint density at radius 3 is 2.06 bits per heavy atom. The highest BCUT2D eigenvalue weighted by molar-refractivity contribution is 5.82. The molecule has 0 heterocycles. The molecule has 96 valence electrons. The molecule has 0 aliphatic rings. The number of halogens is 3. The molecular formula is C10H19F3N2O. The lowest BCUT2D eigenvalue weighted by Gasteiger charge is -2.27. The van der Waals surface area contributed by atoms with Crippen LogP contribution in [0.3, 0.4) is 0 Å². The Labute approximate surface area is 93.6 Å². The van der Waals surface area contributed by atoms with Crippen LogP contribution >= 0.6 is 0 Å². The van der Waals surface area contributed by atoms with Crippen LogP contribution in [0.2, 0.25) is 0 Å². The average Bonchev–Trinajstić information content (AvgIpc) is 1.96. The molecule has 0 aromatic rings. The predicted octanol–water partition coefficient (Wildman–Crippen LogP) is 1.82. The molecule has 3 N–H and O–H groups in total. The van der Waals surface area contributed by atoms with Gasteiger partial charge in [0.1, 0.15) is 0 Å². The summed E-state index contributed by atoms with van der Waals surface area (Å²) in [7, 11) is 0. The van der Waals surface area contributed by atoms with E-state index in [-0.39, 0.29) is 0 Å². The van der Waals surface area contributed by atoms with E-state index in [0.717, 1.165) is 0 Å². The van der Waals surface area contributed by atoms with Gasteiger partial charge in [-0.1, -0.05) is 20.8 Å². The smallest absolute Gasteiger partial charge is 0.352 e. The molecule has 3 nitrogen and oxygen atoms in total. The molecule has 0 bridgehead atoms. The first-order valence-corrected chi connectivity index (χ1v) is 5.06. The average molecular weight is 240 g/mol. The number of alkyl halides is 3. The first kappa shape index (κ1) is 15.2. The third-order valence-corrected chi connectivity index (χ3v) is 2.14. The van der Waals surface area contributed by atoms with Gasteiger partial charge in [0.15, 0.2) is 0 Å².